The van der Waals surface area contributed by atoms with E-state index >= 15 is 0 Å². The third kappa shape index (κ3) is 3.33. The Hall–Kier alpha value is -2.89. The fraction of sp³-hybridized carbons (Fsp3) is 0.316. The predicted octanol–water partition coefficient (Wildman–Crippen LogP) is 1.83. The molecule has 1 amide bonds. The first-order chi connectivity index (χ1) is 12.0. The van der Waals surface area contributed by atoms with Crippen LogP contribution < -0.4 is 10.5 Å². The number of pyridine rings is 2. The van der Waals surface area contributed by atoms with Gasteiger partial charge in [0.2, 0.25) is 5.91 Å². The molecule has 6 nitrogen and oxygen atoms in total. The van der Waals surface area contributed by atoms with Gasteiger partial charge < -0.3 is 14.8 Å². The van der Waals surface area contributed by atoms with Crippen LogP contribution in [-0.4, -0.2) is 47.0 Å². The van der Waals surface area contributed by atoms with Gasteiger partial charge in [0.15, 0.2) is 0 Å². The maximum Gasteiger partial charge on any atom is 0.271 e. The molecule has 3 heterocycles. The summed E-state index contributed by atoms with van der Waals surface area (Å²) in [5, 5.41) is 0. The summed E-state index contributed by atoms with van der Waals surface area (Å²) < 4.78 is 0. The average Bonchev–Trinajstić information content (AvgIpc) is 2.60. The fourth-order valence-corrected chi connectivity index (χ4v) is 2.96. The van der Waals surface area contributed by atoms with Crippen molar-refractivity contribution in [2.24, 2.45) is 0 Å². The number of likely N-dealkylation sites (tertiary alicyclic amines) is 1. The second kappa shape index (κ2) is 6.93. The SMILES string of the molecule is C=CC(=O)N1CC(N(C)c2cc(-c3ccnc(CC)c3)c[nH]c2=O)C1. The highest BCUT2D eigenvalue weighted by Crippen LogP contribution is 2.24. The molecule has 0 aromatic carbocycles. The highest BCUT2D eigenvalue weighted by Gasteiger charge is 2.33. The minimum atomic E-state index is -0.135. The molecule has 130 valence electrons. The number of aromatic amines is 1. The Morgan fingerprint density at radius 2 is 2.20 bits per heavy atom. The first-order valence-corrected chi connectivity index (χ1v) is 8.35. The summed E-state index contributed by atoms with van der Waals surface area (Å²) >= 11 is 0. The number of nitrogens with zero attached hydrogens (tertiary/aromatic N) is 3. The number of aryl methyl sites for hydroxylation is 1. The summed E-state index contributed by atoms with van der Waals surface area (Å²) in [5.74, 6) is -0.0730. The molecule has 0 unspecified atom stereocenters. The van der Waals surface area contributed by atoms with Crippen molar-refractivity contribution in [3.8, 4) is 11.1 Å². The molecule has 1 N–H and O–H groups in total. The highest BCUT2D eigenvalue weighted by molar-refractivity contribution is 5.87. The molecule has 2 aromatic heterocycles. The van der Waals surface area contributed by atoms with E-state index in [1.54, 1.807) is 17.3 Å². The molecule has 0 aliphatic carbocycles. The Morgan fingerprint density at radius 3 is 2.88 bits per heavy atom. The van der Waals surface area contributed by atoms with Gasteiger partial charge in [-0.3, -0.25) is 14.6 Å². The standard InChI is InChI=1S/C19H22N4O2/c1-4-15-8-13(6-7-20-15)14-9-17(19(25)21-10-14)22(3)16-11-23(12-16)18(24)5-2/h5-10,16H,2,4,11-12H2,1,3H3,(H,21,25). The Balaban J connectivity index is 1.84. The van der Waals surface area contributed by atoms with Crippen LogP contribution in [0.15, 0.2) is 48.0 Å². The monoisotopic (exact) mass is 338 g/mol. The van der Waals surface area contributed by atoms with Crippen LogP contribution in [0.25, 0.3) is 11.1 Å². The molecular weight excluding hydrogens is 316 g/mol. The lowest BCUT2D eigenvalue weighted by Crippen LogP contribution is -2.60. The third-order valence-corrected chi connectivity index (χ3v) is 4.67. The molecule has 0 spiro atoms. The van der Waals surface area contributed by atoms with Crippen molar-refractivity contribution in [3.05, 3.63) is 59.3 Å². The number of carbonyl (C=O) groups excluding carboxylic acids is 1. The zero-order valence-corrected chi connectivity index (χ0v) is 14.5. The first kappa shape index (κ1) is 17.0. The lowest BCUT2D eigenvalue weighted by molar-refractivity contribution is -0.130. The Bertz CT molecular complexity index is 852. The number of anilines is 1. The van der Waals surface area contributed by atoms with E-state index in [1.807, 2.05) is 30.1 Å². The first-order valence-electron chi connectivity index (χ1n) is 8.35. The van der Waals surface area contributed by atoms with Crippen LogP contribution in [0.4, 0.5) is 5.69 Å². The third-order valence-electron chi connectivity index (χ3n) is 4.67. The molecule has 6 heteroatoms. The summed E-state index contributed by atoms with van der Waals surface area (Å²) in [5.41, 5.74) is 3.44. The van der Waals surface area contributed by atoms with E-state index in [9.17, 15) is 9.59 Å². The van der Waals surface area contributed by atoms with E-state index in [4.69, 9.17) is 0 Å². The van der Waals surface area contributed by atoms with E-state index in [-0.39, 0.29) is 17.5 Å². The highest BCUT2D eigenvalue weighted by atomic mass is 16.2. The Morgan fingerprint density at radius 1 is 1.44 bits per heavy atom. The summed E-state index contributed by atoms with van der Waals surface area (Å²) in [4.78, 5) is 34.6. The molecule has 1 saturated heterocycles. The molecule has 0 saturated carbocycles. The fourth-order valence-electron chi connectivity index (χ4n) is 2.96. The van der Waals surface area contributed by atoms with E-state index < -0.39 is 0 Å². The molecule has 2 aromatic rings. The zero-order valence-electron chi connectivity index (χ0n) is 14.5. The molecule has 0 atom stereocenters. The van der Waals surface area contributed by atoms with E-state index in [0.717, 1.165) is 23.2 Å². The van der Waals surface area contributed by atoms with Crippen molar-refractivity contribution in [3.63, 3.8) is 0 Å². The maximum atomic E-state index is 12.3. The van der Waals surface area contributed by atoms with Crippen LogP contribution in [0.5, 0.6) is 0 Å². The van der Waals surface area contributed by atoms with Crippen molar-refractivity contribution in [1.82, 2.24) is 14.9 Å². The van der Waals surface area contributed by atoms with E-state index in [2.05, 4.69) is 23.5 Å². The molecule has 25 heavy (non-hydrogen) atoms. The van der Waals surface area contributed by atoms with Gasteiger partial charge in [-0.1, -0.05) is 13.5 Å². The molecule has 3 rings (SSSR count). The van der Waals surface area contributed by atoms with Gasteiger partial charge in [0.1, 0.15) is 5.69 Å². The predicted molar refractivity (Wildman–Crippen MR) is 98.6 cm³/mol. The average molecular weight is 338 g/mol. The second-order valence-electron chi connectivity index (χ2n) is 6.20. The number of aromatic nitrogens is 2. The van der Waals surface area contributed by atoms with Crippen molar-refractivity contribution >= 4 is 11.6 Å². The van der Waals surface area contributed by atoms with Crippen molar-refractivity contribution in [2.45, 2.75) is 19.4 Å². The maximum absolute atomic E-state index is 12.3. The normalized spacial score (nSPS) is 14.1. The van der Waals surface area contributed by atoms with Gasteiger partial charge in [-0.15, -0.1) is 0 Å². The summed E-state index contributed by atoms with van der Waals surface area (Å²) in [7, 11) is 1.89. The van der Waals surface area contributed by atoms with Gasteiger partial charge in [-0.2, -0.15) is 0 Å². The summed E-state index contributed by atoms with van der Waals surface area (Å²) in [6.07, 6.45) is 5.69. The quantitative estimate of drug-likeness (QED) is 0.845. The minimum absolute atomic E-state index is 0.0730. The number of H-pyrrole nitrogens is 1. The number of nitrogens with one attached hydrogen (secondary N) is 1. The van der Waals surface area contributed by atoms with Crippen LogP contribution in [-0.2, 0) is 11.2 Å². The van der Waals surface area contributed by atoms with Gasteiger partial charge in [0, 0.05) is 43.8 Å². The van der Waals surface area contributed by atoms with Gasteiger partial charge in [0.25, 0.3) is 5.56 Å². The lowest BCUT2D eigenvalue weighted by Gasteiger charge is -2.44. The number of hydrogen-bond donors (Lipinski definition) is 1. The van der Waals surface area contributed by atoms with Gasteiger partial charge in [-0.25, -0.2) is 0 Å². The molecule has 1 aliphatic rings. The largest absolute Gasteiger partial charge is 0.364 e. The number of amides is 1. The van der Waals surface area contributed by atoms with Crippen LogP contribution in [0.1, 0.15) is 12.6 Å². The number of likely N-dealkylation sites (N-methyl/N-ethyl adjacent to an activating group) is 1. The van der Waals surface area contributed by atoms with Gasteiger partial charge >= 0.3 is 0 Å². The van der Waals surface area contributed by atoms with Crippen molar-refractivity contribution in [1.29, 1.82) is 0 Å². The van der Waals surface area contributed by atoms with Crippen LogP contribution in [0.2, 0.25) is 0 Å². The Kier molecular flexibility index (Phi) is 4.70. The number of rotatable bonds is 5. The number of hydrogen-bond acceptors (Lipinski definition) is 4. The van der Waals surface area contributed by atoms with Crippen LogP contribution >= 0.6 is 0 Å². The minimum Gasteiger partial charge on any atom is -0.364 e. The van der Waals surface area contributed by atoms with Crippen LogP contribution in [0, 0.1) is 0 Å². The molecular formula is C19H22N4O2. The smallest absolute Gasteiger partial charge is 0.271 e. The molecule has 0 bridgehead atoms. The second-order valence-corrected chi connectivity index (χ2v) is 6.20. The van der Waals surface area contributed by atoms with Crippen molar-refractivity contribution in [2.75, 3.05) is 25.0 Å². The number of carbonyl (C=O) groups is 1. The summed E-state index contributed by atoms with van der Waals surface area (Å²) in [6, 6.07) is 5.99. The van der Waals surface area contributed by atoms with Crippen LogP contribution in [0.3, 0.4) is 0 Å². The van der Waals surface area contributed by atoms with Gasteiger partial charge in [-0.05, 0) is 36.3 Å². The molecule has 1 fully saturated rings. The summed E-state index contributed by atoms with van der Waals surface area (Å²) in [6.45, 7) is 6.76. The Labute approximate surface area is 146 Å². The van der Waals surface area contributed by atoms with Gasteiger partial charge in [0.05, 0.1) is 6.04 Å². The lowest BCUT2D eigenvalue weighted by atomic mass is 10.0. The topological polar surface area (TPSA) is 69.3 Å². The van der Waals surface area contributed by atoms with E-state index in [1.165, 1.54) is 6.08 Å². The van der Waals surface area contributed by atoms with Crippen molar-refractivity contribution < 1.29 is 4.79 Å². The molecule has 1 aliphatic heterocycles. The molecule has 0 radical (unpaired) electrons. The zero-order chi connectivity index (χ0) is 18.0. The van der Waals surface area contributed by atoms with E-state index in [0.29, 0.717) is 18.8 Å².